The Hall–Kier alpha value is -2.11. The van der Waals surface area contributed by atoms with E-state index in [9.17, 15) is 0 Å². The Labute approximate surface area is 105 Å². The van der Waals surface area contributed by atoms with E-state index in [0.717, 1.165) is 23.7 Å². The van der Waals surface area contributed by atoms with Gasteiger partial charge in [-0.2, -0.15) is 5.10 Å². The summed E-state index contributed by atoms with van der Waals surface area (Å²) < 4.78 is 7.02. The minimum atomic E-state index is 0.298. The summed E-state index contributed by atoms with van der Waals surface area (Å²) in [6, 6.07) is 0. The van der Waals surface area contributed by atoms with E-state index in [2.05, 4.69) is 15.1 Å². The Balaban J connectivity index is 1.86. The van der Waals surface area contributed by atoms with Crippen molar-refractivity contribution in [2.75, 3.05) is 12.8 Å². The predicted octanol–water partition coefficient (Wildman–Crippen LogP) is 1.34. The van der Waals surface area contributed by atoms with Crippen molar-refractivity contribution in [3.05, 3.63) is 18.6 Å². The van der Waals surface area contributed by atoms with Gasteiger partial charge in [0.15, 0.2) is 5.82 Å². The molecule has 2 aromatic rings. The van der Waals surface area contributed by atoms with Crippen LogP contribution in [0.25, 0.3) is 11.3 Å². The van der Waals surface area contributed by atoms with Crippen molar-refractivity contribution in [1.29, 1.82) is 0 Å². The molecule has 0 amide bonds. The van der Waals surface area contributed by atoms with Crippen molar-refractivity contribution in [2.24, 2.45) is 5.92 Å². The molecular formula is C12H15N5O. The molecule has 0 aliphatic heterocycles. The summed E-state index contributed by atoms with van der Waals surface area (Å²) in [4.78, 5) is 8.37. The Bertz CT molecular complexity index is 561. The van der Waals surface area contributed by atoms with Gasteiger partial charge in [0.05, 0.1) is 25.2 Å². The standard InChI is InChI=1S/C12H15N5O/c1-18-12-11(13)14-5-10(16-12)9-4-15-17(7-9)6-8-2-3-8/h4-5,7-8H,2-3,6H2,1H3,(H2,13,14). The number of ether oxygens (including phenoxy) is 1. The monoisotopic (exact) mass is 245 g/mol. The van der Waals surface area contributed by atoms with Crippen LogP contribution in [0.5, 0.6) is 5.88 Å². The second-order valence-corrected chi connectivity index (χ2v) is 4.54. The number of hydrogen-bond donors (Lipinski definition) is 1. The molecular weight excluding hydrogens is 230 g/mol. The Kier molecular flexibility index (Phi) is 2.62. The van der Waals surface area contributed by atoms with Crippen LogP contribution in [0.1, 0.15) is 12.8 Å². The molecule has 2 aromatic heterocycles. The molecule has 0 radical (unpaired) electrons. The van der Waals surface area contributed by atoms with Crippen LogP contribution in [-0.2, 0) is 6.54 Å². The fraction of sp³-hybridized carbons (Fsp3) is 0.417. The van der Waals surface area contributed by atoms with Crippen molar-refractivity contribution in [3.8, 4) is 17.1 Å². The fourth-order valence-corrected chi connectivity index (χ4v) is 1.83. The lowest BCUT2D eigenvalue weighted by Gasteiger charge is -2.03. The molecule has 3 rings (SSSR count). The highest BCUT2D eigenvalue weighted by Crippen LogP contribution is 2.31. The number of nitrogen functional groups attached to an aromatic ring is 1. The van der Waals surface area contributed by atoms with Crippen LogP contribution >= 0.6 is 0 Å². The highest BCUT2D eigenvalue weighted by Gasteiger charge is 2.22. The lowest BCUT2D eigenvalue weighted by molar-refractivity contribution is 0.399. The van der Waals surface area contributed by atoms with E-state index in [1.54, 1.807) is 12.4 Å². The van der Waals surface area contributed by atoms with Crippen LogP contribution in [0.15, 0.2) is 18.6 Å². The maximum atomic E-state index is 5.64. The summed E-state index contributed by atoms with van der Waals surface area (Å²) in [6.07, 6.45) is 8.03. The molecule has 6 nitrogen and oxygen atoms in total. The first-order chi connectivity index (χ1) is 8.76. The van der Waals surface area contributed by atoms with E-state index in [4.69, 9.17) is 10.5 Å². The Morgan fingerprint density at radius 1 is 1.44 bits per heavy atom. The van der Waals surface area contributed by atoms with Crippen LogP contribution in [-0.4, -0.2) is 26.9 Å². The lowest BCUT2D eigenvalue weighted by atomic mass is 10.3. The van der Waals surface area contributed by atoms with E-state index in [1.807, 2.05) is 10.9 Å². The van der Waals surface area contributed by atoms with Crippen molar-refractivity contribution in [2.45, 2.75) is 19.4 Å². The molecule has 6 heteroatoms. The average Bonchev–Trinajstić information content (AvgIpc) is 3.06. The fourth-order valence-electron chi connectivity index (χ4n) is 1.83. The first kappa shape index (κ1) is 11.0. The summed E-state index contributed by atoms with van der Waals surface area (Å²) in [5.74, 6) is 1.44. The number of methoxy groups -OCH3 is 1. The lowest BCUT2D eigenvalue weighted by Crippen LogP contribution is -2.00. The molecule has 0 atom stereocenters. The van der Waals surface area contributed by atoms with Crippen molar-refractivity contribution >= 4 is 5.82 Å². The maximum absolute atomic E-state index is 5.64. The van der Waals surface area contributed by atoms with Gasteiger partial charge in [-0.25, -0.2) is 9.97 Å². The highest BCUT2D eigenvalue weighted by atomic mass is 16.5. The number of hydrogen-bond acceptors (Lipinski definition) is 5. The second-order valence-electron chi connectivity index (χ2n) is 4.54. The SMILES string of the molecule is COc1nc(-c2cnn(CC3CC3)c2)cnc1N. The molecule has 0 saturated heterocycles. The zero-order valence-corrected chi connectivity index (χ0v) is 10.2. The molecule has 94 valence electrons. The van der Waals surface area contributed by atoms with Crippen LogP contribution in [0.2, 0.25) is 0 Å². The highest BCUT2D eigenvalue weighted by molar-refractivity contribution is 5.58. The van der Waals surface area contributed by atoms with E-state index in [0.29, 0.717) is 11.7 Å². The van der Waals surface area contributed by atoms with Gasteiger partial charge in [0.25, 0.3) is 5.88 Å². The van der Waals surface area contributed by atoms with Gasteiger partial charge >= 0.3 is 0 Å². The van der Waals surface area contributed by atoms with Gasteiger partial charge < -0.3 is 10.5 Å². The van der Waals surface area contributed by atoms with E-state index in [1.165, 1.54) is 20.0 Å². The van der Waals surface area contributed by atoms with Crippen molar-refractivity contribution < 1.29 is 4.74 Å². The van der Waals surface area contributed by atoms with Crippen molar-refractivity contribution in [3.63, 3.8) is 0 Å². The largest absolute Gasteiger partial charge is 0.478 e. The minimum Gasteiger partial charge on any atom is -0.478 e. The van der Waals surface area contributed by atoms with Crippen molar-refractivity contribution in [1.82, 2.24) is 19.7 Å². The van der Waals surface area contributed by atoms with E-state index < -0.39 is 0 Å². The summed E-state index contributed by atoms with van der Waals surface area (Å²) in [6.45, 7) is 0.986. The van der Waals surface area contributed by atoms with Gasteiger partial charge in [0, 0.05) is 18.3 Å². The van der Waals surface area contributed by atoms with Crippen LogP contribution in [0, 0.1) is 5.92 Å². The second kappa shape index (κ2) is 4.29. The number of rotatable bonds is 4. The van der Waals surface area contributed by atoms with Crippen LogP contribution < -0.4 is 10.5 Å². The quantitative estimate of drug-likeness (QED) is 0.879. The molecule has 18 heavy (non-hydrogen) atoms. The van der Waals surface area contributed by atoms with Gasteiger partial charge in [0.1, 0.15) is 0 Å². The topological polar surface area (TPSA) is 78.9 Å². The van der Waals surface area contributed by atoms with E-state index in [-0.39, 0.29) is 0 Å². The van der Waals surface area contributed by atoms with E-state index >= 15 is 0 Å². The molecule has 0 aromatic carbocycles. The summed E-state index contributed by atoms with van der Waals surface area (Å²) >= 11 is 0. The zero-order chi connectivity index (χ0) is 12.5. The number of nitrogens with zero attached hydrogens (tertiary/aromatic N) is 4. The summed E-state index contributed by atoms with van der Waals surface area (Å²) in [5, 5.41) is 4.33. The van der Waals surface area contributed by atoms with Crippen LogP contribution in [0.3, 0.4) is 0 Å². The third-order valence-corrected chi connectivity index (χ3v) is 3.03. The normalized spacial score (nSPS) is 14.7. The molecule has 1 aliphatic carbocycles. The molecule has 2 heterocycles. The summed E-state index contributed by atoms with van der Waals surface area (Å²) in [5.41, 5.74) is 7.29. The molecule has 1 fully saturated rings. The van der Waals surface area contributed by atoms with Gasteiger partial charge in [-0.1, -0.05) is 0 Å². The van der Waals surface area contributed by atoms with Gasteiger partial charge in [0.2, 0.25) is 0 Å². The molecule has 0 bridgehead atoms. The molecule has 2 N–H and O–H groups in total. The molecule has 1 saturated carbocycles. The Morgan fingerprint density at radius 3 is 3.00 bits per heavy atom. The Morgan fingerprint density at radius 2 is 2.28 bits per heavy atom. The van der Waals surface area contributed by atoms with Crippen LogP contribution in [0.4, 0.5) is 5.82 Å². The zero-order valence-electron chi connectivity index (χ0n) is 10.2. The molecule has 1 aliphatic rings. The number of anilines is 1. The smallest absolute Gasteiger partial charge is 0.257 e. The molecule has 0 spiro atoms. The summed E-state index contributed by atoms with van der Waals surface area (Å²) in [7, 11) is 1.53. The predicted molar refractivity (Wildman–Crippen MR) is 66.9 cm³/mol. The minimum absolute atomic E-state index is 0.298. The molecule has 0 unspecified atom stereocenters. The average molecular weight is 245 g/mol. The van der Waals surface area contributed by atoms with Gasteiger partial charge in [-0.05, 0) is 18.8 Å². The van der Waals surface area contributed by atoms with Gasteiger partial charge in [-0.15, -0.1) is 0 Å². The van der Waals surface area contributed by atoms with Gasteiger partial charge in [-0.3, -0.25) is 4.68 Å². The first-order valence-corrected chi connectivity index (χ1v) is 5.95. The third kappa shape index (κ3) is 2.13. The third-order valence-electron chi connectivity index (χ3n) is 3.03. The maximum Gasteiger partial charge on any atom is 0.257 e. The number of aromatic nitrogens is 4. The number of nitrogens with two attached hydrogens (primary N) is 1. The first-order valence-electron chi connectivity index (χ1n) is 5.95.